The minimum absolute atomic E-state index is 0.574. The Hall–Kier alpha value is -6.43. The van der Waals surface area contributed by atoms with Crippen LogP contribution in [0.5, 0.6) is 11.5 Å². The number of hydrogen-bond donors (Lipinski definition) is 0. The van der Waals surface area contributed by atoms with E-state index < -0.39 is 5.41 Å². The van der Waals surface area contributed by atoms with Crippen LogP contribution in [0.3, 0.4) is 0 Å². The second-order valence-electron chi connectivity index (χ2n) is 13.1. The molecule has 0 fully saturated rings. The Bertz CT molecular complexity index is 2790. The normalized spacial score (nSPS) is 15.3. The Labute approximate surface area is 298 Å². The van der Waals surface area contributed by atoms with Crippen molar-refractivity contribution < 1.29 is 4.74 Å². The van der Waals surface area contributed by atoms with Crippen LogP contribution in [-0.4, -0.2) is 15.0 Å². The first-order chi connectivity index (χ1) is 25.3. The third kappa shape index (κ3) is 4.04. The van der Waals surface area contributed by atoms with E-state index in [2.05, 4.69) is 103 Å². The summed E-state index contributed by atoms with van der Waals surface area (Å²) in [7, 11) is 0. The van der Waals surface area contributed by atoms with Crippen LogP contribution >= 0.6 is 11.3 Å². The minimum Gasteiger partial charge on any atom is -0.457 e. The molecular formula is C46H27N3OS. The zero-order valence-electron chi connectivity index (χ0n) is 27.2. The molecule has 1 aliphatic heterocycles. The molecule has 0 N–H and O–H groups in total. The van der Waals surface area contributed by atoms with Gasteiger partial charge in [-0.25, -0.2) is 15.0 Å². The average molecular weight is 670 g/mol. The Morgan fingerprint density at radius 2 is 1.02 bits per heavy atom. The van der Waals surface area contributed by atoms with Crippen molar-refractivity contribution in [3.05, 3.63) is 186 Å². The second-order valence-corrected chi connectivity index (χ2v) is 14.2. The molecule has 0 saturated carbocycles. The number of thiophene rings is 1. The fourth-order valence-corrected chi connectivity index (χ4v) is 9.40. The van der Waals surface area contributed by atoms with E-state index in [1.54, 1.807) is 0 Å². The molecule has 1 unspecified atom stereocenters. The van der Waals surface area contributed by atoms with Gasteiger partial charge in [0.1, 0.15) is 11.5 Å². The monoisotopic (exact) mass is 669 g/mol. The SMILES string of the molecule is c1ccc(-c2nc(-c3ccccc3)nc(-c3ccc4c(c3)Oc3ccccc3C43c4ccccc4-c4c3ccc3sc5ccccc5c43)n2)cc1. The Morgan fingerprint density at radius 3 is 1.78 bits per heavy atom. The molecule has 0 bridgehead atoms. The van der Waals surface area contributed by atoms with Gasteiger partial charge in [-0.15, -0.1) is 11.3 Å². The summed E-state index contributed by atoms with van der Waals surface area (Å²) in [6.45, 7) is 0. The average Bonchev–Trinajstić information content (AvgIpc) is 3.72. The summed E-state index contributed by atoms with van der Waals surface area (Å²) in [4.78, 5) is 15.0. The number of rotatable bonds is 3. The molecule has 0 amide bonds. The van der Waals surface area contributed by atoms with Crippen molar-refractivity contribution >= 4 is 31.5 Å². The van der Waals surface area contributed by atoms with Crippen LogP contribution in [0.2, 0.25) is 0 Å². The van der Waals surface area contributed by atoms with Crippen molar-refractivity contribution in [2.24, 2.45) is 0 Å². The van der Waals surface area contributed by atoms with Gasteiger partial charge < -0.3 is 4.74 Å². The standard InChI is InChI=1S/C46H27N3OS/c1-3-13-28(14-4-1)43-47-44(29-15-5-2-6-16-29)49-45(48-43)30-23-24-35-38(27-30)50-37-21-11-10-20-34(37)46(35)33-19-9-7-17-31(33)41-36(46)25-26-40-42(41)32-18-8-12-22-39(32)51-40/h1-27H. The maximum atomic E-state index is 6.86. The Morgan fingerprint density at radius 1 is 0.431 bits per heavy atom. The number of aromatic nitrogens is 3. The van der Waals surface area contributed by atoms with Crippen LogP contribution in [0.1, 0.15) is 22.3 Å². The molecule has 9 aromatic rings. The minimum atomic E-state index is -0.574. The number of nitrogens with zero attached hydrogens (tertiary/aromatic N) is 3. The van der Waals surface area contributed by atoms with Crippen molar-refractivity contribution in [2.75, 3.05) is 0 Å². The molecule has 2 aromatic heterocycles. The smallest absolute Gasteiger partial charge is 0.164 e. The molecule has 238 valence electrons. The Balaban J connectivity index is 1.18. The summed E-state index contributed by atoms with van der Waals surface area (Å²) in [6, 6.07) is 57.6. The van der Waals surface area contributed by atoms with Crippen LogP contribution in [-0.2, 0) is 5.41 Å². The van der Waals surface area contributed by atoms with E-state index in [0.29, 0.717) is 17.5 Å². The van der Waals surface area contributed by atoms with Gasteiger partial charge in [0.2, 0.25) is 0 Å². The topological polar surface area (TPSA) is 47.9 Å². The molecule has 5 heteroatoms. The van der Waals surface area contributed by atoms with E-state index in [4.69, 9.17) is 19.7 Å². The van der Waals surface area contributed by atoms with Crippen LogP contribution < -0.4 is 4.74 Å². The number of ether oxygens (including phenoxy) is 1. The maximum absolute atomic E-state index is 6.86. The highest BCUT2D eigenvalue weighted by atomic mass is 32.1. The van der Waals surface area contributed by atoms with E-state index in [-0.39, 0.29) is 0 Å². The third-order valence-corrected chi connectivity index (χ3v) is 11.5. The molecule has 4 nitrogen and oxygen atoms in total. The summed E-state index contributed by atoms with van der Waals surface area (Å²) in [5.74, 6) is 3.51. The van der Waals surface area contributed by atoms with Gasteiger partial charge in [0.15, 0.2) is 17.5 Å². The highest BCUT2D eigenvalue weighted by Crippen LogP contribution is 2.64. The first-order valence-electron chi connectivity index (χ1n) is 17.1. The van der Waals surface area contributed by atoms with Crippen molar-refractivity contribution in [1.82, 2.24) is 15.0 Å². The van der Waals surface area contributed by atoms with E-state index in [9.17, 15) is 0 Å². The van der Waals surface area contributed by atoms with Gasteiger partial charge in [-0.3, -0.25) is 0 Å². The van der Waals surface area contributed by atoms with Gasteiger partial charge in [0, 0.05) is 48.0 Å². The zero-order valence-corrected chi connectivity index (χ0v) is 28.1. The number of fused-ring (bicyclic) bond motifs is 13. The lowest BCUT2D eigenvalue weighted by molar-refractivity contribution is 0.436. The lowest BCUT2D eigenvalue weighted by Gasteiger charge is -2.39. The lowest BCUT2D eigenvalue weighted by Crippen LogP contribution is -2.32. The molecule has 0 saturated heterocycles. The van der Waals surface area contributed by atoms with Crippen molar-refractivity contribution in [1.29, 1.82) is 0 Å². The van der Waals surface area contributed by atoms with E-state index in [1.807, 2.05) is 72.0 Å². The Kier molecular flexibility index (Phi) is 6.01. The zero-order chi connectivity index (χ0) is 33.5. The van der Waals surface area contributed by atoms with Gasteiger partial charge in [0.05, 0.1) is 5.41 Å². The molecule has 1 atom stereocenters. The fourth-order valence-electron chi connectivity index (χ4n) is 8.28. The van der Waals surface area contributed by atoms with E-state index in [1.165, 1.54) is 42.4 Å². The van der Waals surface area contributed by atoms with Crippen molar-refractivity contribution in [3.8, 4) is 56.8 Å². The summed E-state index contributed by atoms with van der Waals surface area (Å²) in [5, 5.41) is 2.63. The van der Waals surface area contributed by atoms with Crippen molar-refractivity contribution in [2.45, 2.75) is 5.41 Å². The number of hydrogen-bond acceptors (Lipinski definition) is 5. The quantitative estimate of drug-likeness (QED) is 0.188. The molecule has 51 heavy (non-hydrogen) atoms. The molecule has 2 aliphatic rings. The molecule has 11 rings (SSSR count). The van der Waals surface area contributed by atoms with E-state index in [0.717, 1.165) is 39.3 Å². The molecular weight excluding hydrogens is 643 g/mol. The summed E-state index contributed by atoms with van der Waals surface area (Å²) < 4.78 is 9.47. The van der Waals surface area contributed by atoms with Crippen LogP contribution in [0.4, 0.5) is 0 Å². The number of para-hydroxylation sites is 1. The largest absolute Gasteiger partial charge is 0.457 e. The molecule has 3 heterocycles. The summed E-state index contributed by atoms with van der Waals surface area (Å²) in [6.07, 6.45) is 0. The maximum Gasteiger partial charge on any atom is 0.164 e. The molecule has 1 spiro atoms. The first kappa shape index (κ1) is 28.4. The molecule has 7 aromatic carbocycles. The second kappa shape index (κ2) is 10.8. The highest BCUT2D eigenvalue weighted by molar-refractivity contribution is 7.26. The van der Waals surface area contributed by atoms with Crippen molar-refractivity contribution in [3.63, 3.8) is 0 Å². The number of benzene rings is 7. The van der Waals surface area contributed by atoms with Gasteiger partial charge in [0.25, 0.3) is 0 Å². The fraction of sp³-hybridized carbons (Fsp3) is 0.0217. The van der Waals surface area contributed by atoms with Crippen LogP contribution in [0.15, 0.2) is 164 Å². The predicted octanol–water partition coefficient (Wildman–Crippen LogP) is 11.7. The van der Waals surface area contributed by atoms with Gasteiger partial charge in [-0.2, -0.15) is 0 Å². The van der Waals surface area contributed by atoms with E-state index >= 15 is 0 Å². The van der Waals surface area contributed by atoms with Gasteiger partial charge >= 0.3 is 0 Å². The predicted molar refractivity (Wildman–Crippen MR) is 206 cm³/mol. The van der Waals surface area contributed by atoms with Crippen LogP contribution in [0.25, 0.3) is 65.5 Å². The van der Waals surface area contributed by atoms with Crippen LogP contribution in [0, 0.1) is 0 Å². The first-order valence-corrected chi connectivity index (χ1v) is 17.9. The van der Waals surface area contributed by atoms with Gasteiger partial charge in [-0.05, 0) is 46.5 Å². The summed E-state index contributed by atoms with van der Waals surface area (Å²) in [5.41, 5.74) is 9.55. The summed E-state index contributed by atoms with van der Waals surface area (Å²) >= 11 is 1.86. The molecule has 0 radical (unpaired) electrons. The molecule has 1 aliphatic carbocycles. The third-order valence-electron chi connectivity index (χ3n) is 10.4. The lowest BCUT2D eigenvalue weighted by atomic mass is 9.66. The van der Waals surface area contributed by atoms with Gasteiger partial charge in [-0.1, -0.05) is 140 Å². The highest BCUT2D eigenvalue weighted by Gasteiger charge is 2.51.